The molecule has 0 radical (unpaired) electrons. The average Bonchev–Trinajstić information content (AvgIpc) is 3.11. The molecule has 0 saturated heterocycles. The number of rotatable bonds is 19. The van der Waals surface area contributed by atoms with Crippen LogP contribution in [-0.2, 0) is 18.4 Å². The molecule has 0 bridgehead atoms. The van der Waals surface area contributed by atoms with Crippen LogP contribution in [0.5, 0.6) is 0 Å². The molecule has 0 saturated carbocycles. The molecule has 0 fully saturated rings. The Morgan fingerprint density at radius 3 is 0.662 bits per heavy atom. The summed E-state index contributed by atoms with van der Waals surface area (Å²) in [7, 11) is 0. The fraction of sp³-hybridized carbons (Fsp3) is 0.793. The molecule has 65 heavy (non-hydrogen) atoms. The standard InChI is InChI=1S/C29H20F34N.BrH/c1-4-64(5-2,6-3)10-11-7-12(14(30,31)16(34,35)18(38,39)20(42,43)22(46,47)24(50,51)26(54,55)28(58,59)60)9-13(8-11)15(32,33)17(36,37)19(40,41)21(44,45)23(48,49)25(52,53)27(56,57)29(61,62)63;/h7-9H,4-6,10H2,1-3H3;1H/q+1;/p-1. The Kier molecular flexibility index (Phi) is 16.1. The van der Waals surface area contributed by atoms with Gasteiger partial charge in [-0.25, -0.2) is 0 Å². The zero-order chi connectivity index (χ0) is 52.2. The molecule has 0 aromatic heterocycles. The molecule has 0 unspecified atom stereocenters. The second-order valence-corrected chi connectivity index (χ2v) is 13.4. The molecule has 0 amide bonds. The maximum atomic E-state index is 15.3. The van der Waals surface area contributed by atoms with Gasteiger partial charge in [-0.2, -0.15) is 149 Å². The molecule has 0 aliphatic rings. The molecule has 1 nitrogen and oxygen atoms in total. The summed E-state index contributed by atoms with van der Waals surface area (Å²) in [6.07, 6.45) is -16.4. The highest BCUT2D eigenvalue weighted by atomic mass is 79.9. The molecule has 0 aliphatic heterocycles. The number of hydrogen-bond acceptors (Lipinski definition) is 0. The summed E-state index contributed by atoms with van der Waals surface area (Å²) in [6, 6.07) is -4.26. The van der Waals surface area contributed by atoms with Crippen LogP contribution in [0, 0.1) is 0 Å². The zero-order valence-electron chi connectivity index (χ0n) is 30.7. The van der Waals surface area contributed by atoms with Gasteiger partial charge < -0.3 is 21.5 Å². The van der Waals surface area contributed by atoms with Crippen molar-refractivity contribution in [1.82, 2.24) is 0 Å². The lowest BCUT2D eigenvalue weighted by atomic mass is 9.84. The Hall–Kier alpha value is -2.72. The van der Waals surface area contributed by atoms with Gasteiger partial charge in [-0.3, -0.25) is 0 Å². The van der Waals surface area contributed by atoms with Crippen LogP contribution in [0.1, 0.15) is 37.5 Å². The fourth-order valence-electron chi connectivity index (χ4n) is 5.23. The monoisotopic (exact) mass is 1110 g/mol. The fourth-order valence-corrected chi connectivity index (χ4v) is 5.23. The lowest BCUT2D eigenvalue weighted by molar-refractivity contribution is -0.936. The van der Waals surface area contributed by atoms with Crippen LogP contribution in [0.2, 0.25) is 0 Å². The first-order valence-electron chi connectivity index (χ1n) is 15.9. The largest absolute Gasteiger partial charge is 1.00 e. The van der Waals surface area contributed by atoms with E-state index in [1.54, 1.807) is 0 Å². The van der Waals surface area contributed by atoms with Gasteiger partial charge in [0.25, 0.3) is 0 Å². The van der Waals surface area contributed by atoms with E-state index in [4.69, 9.17) is 0 Å². The summed E-state index contributed by atoms with van der Waals surface area (Å²) in [5.74, 6) is -125. The minimum Gasteiger partial charge on any atom is -1.00 e. The first-order chi connectivity index (χ1) is 27.5. The highest BCUT2D eigenvalue weighted by Crippen LogP contribution is 2.67. The molecule has 0 N–H and O–H groups in total. The van der Waals surface area contributed by atoms with Crippen molar-refractivity contribution >= 4 is 0 Å². The molecular formula is C29H20BrF34N. The van der Waals surface area contributed by atoms with Gasteiger partial charge in [-0.05, 0) is 39.0 Å². The maximum absolute atomic E-state index is 15.3. The number of benzene rings is 1. The van der Waals surface area contributed by atoms with E-state index in [0.29, 0.717) is 0 Å². The van der Waals surface area contributed by atoms with Crippen molar-refractivity contribution in [1.29, 1.82) is 0 Å². The Morgan fingerprint density at radius 2 is 0.477 bits per heavy atom. The Morgan fingerprint density at radius 1 is 0.292 bits per heavy atom. The molecule has 1 rings (SSSR count). The third-order valence-electron chi connectivity index (χ3n) is 9.69. The molecule has 36 heteroatoms. The van der Waals surface area contributed by atoms with Gasteiger partial charge in [0.2, 0.25) is 0 Å². The van der Waals surface area contributed by atoms with Crippen molar-refractivity contribution < 1.29 is 171 Å². The van der Waals surface area contributed by atoms with Gasteiger partial charge in [0.05, 0.1) is 19.6 Å². The number of quaternary nitrogens is 1. The van der Waals surface area contributed by atoms with Crippen LogP contribution in [-0.4, -0.2) is 108 Å². The van der Waals surface area contributed by atoms with Crippen LogP contribution in [0.15, 0.2) is 18.2 Å². The van der Waals surface area contributed by atoms with E-state index >= 15 is 17.6 Å². The predicted octanol–water partition coefficient (Wildman–Crippen LogP) is 11.0. The van der Waals surface area contributed by atoms with E-state index in [2.05, 4.69) is 0 Å². The van der Waals surface area contributed by atoms with Crippen molar-refractivity contribution in [3.63, 3.8) is 0 Å². The van der Waals surface area contributed by atoms with E-state index in [9.17, 15) is 132 Å². The van der Waals surface area contributed by atoms with Crippen LogP contribution in [0.3, 0.4) is 0 Å². The summed E-state index contributed by atoms with van der Waals surface area (Å²) in [4.78, 5) is 0. The average molecular weight is 1110 g/mol. The topological polar surface area (TPSA) is 0 Å². The molecule has 0 aliphatic carbocycles. The summed E-state index contributed by atoms with van der Waals surface area (Å²) >= 11 is 0. The Labute approximate surface area is 348 Å². The molecule has 1 aromatic rings. The highest BCUT2D eigenvalue weighted by Gasteiger charge is 2.97. The predicted molar refractivity (Wildman–Crippen MR) is 141 cm³/mol. The SMILES string of the molecule is CC[N+](CC)(CC)Cc1cc(C(F)(F)C(F)(F)C(F)(F)C(F)(F)C(F)(F)C(F)(F)C(F)(F)C(F)(F)F)cc(C(F)(F)C(F)(F)C(F)(F)C(F)(F)C(F)(F)C(F)(F)C(F)(F)C(F)(F)F)c1.[Br-]. The lowest BCUT2D eigenvalue weighted by Gasteiger charge is -2.43. The Balaban J connectivity index is 0.0000410. The first kappa shape index (κ1) is 62.3. The minimum absolute atomic E-state index is 0. The van der Waals surface area contributed by atoms with E-state index in [-0.39, 0.29) is 17.0 Å². The van der Waals surface area contributed by atoms with Gasteiger partial charge in [0.15, 0.2) is 0 Å². The summed E-state index contributed by atoms with van der Waals surface area (Å²) < 4.78 is 472. The van der Waals surface area contributed by atoms with E-state index < -0.39 is 161 Å². The van der Waals surface area contributed by atoms with Crippen molar-refractivity contribution in [2.75, 3.05) is 19.6 Å². The third kappa shape index (κ3) is 8.28. The van der Waals surface area contributed by atoms with Gasteiger partial charge in [-0.1, -0.05) is 0 Å². The lowest BCUT2D eigenvalue weighted by Crippen LogP contribution is -3.00. The van der Waals surface area contributed by atoms with Crippen molar-refractivity contribution in [2.45, 2.75) is 123 Å². The molecule has 1 aromatic carbocycles. The van der Waals surface area contributed by atoms with Gasteiger partial charge >= 0.3 is 95.3 Å². The minimum atomic E-state index is -9.37. The van der Waals surface area contributed by atoms with E-state index in [1.165, 1.54) is 0 Å². The summed E-state index contributed by atoms with van der Waals surface area (Å²) in [5, 5.41) is 0. The number of halogens is 35. The molecule has 0 spiro atoms. The quantitative estimate of drug-likeness (QED) is 0.0957. The summed E-state index contributed by atoms with van der Waals surface area (Å²) in [6.45, 7) is -0.282. The molecule has 0 heterocycles. The van der Waals surface area contributed by atoms with Gasteiger partial charge in [0, 0.05) is 16.7 Å². The van der Waals surface area contributed by atoms with Crippen LogP contribution < -0.4 is 17.0 Å². The van der Waals surface area contributed by atoms with E-state index in [0.717, 1.165) is 20.8 Å². The maximum Gasteiger partial charge on any atom is 0.460 e. The van der Waals surface area contributed by atoms with Crippen LogP contribution in [0.25, 0.3) is 0 Å². The molecule has 0 atom stereocenters. The van der Waals surface area contributed by atoms with Gasteiger partial charge in [0.1, 0.15) is 6.54 Å². The smallest absolute Gasteiger partial charge is 0.460 e. The highest BCUT2D eigenvalue weighted by molar-refractivity contribution is 5.39. The van der Waals surface area contributed by atoms with E-state index in [1.807, 2.05) is 0 Å². The Bertz CT molecular complexity index is 1690. The zero-order valence-corrected chi connectivity index (χ0v) is 32.3. The van der Waals surface area contributed by atoms with Crippen molar-refractivity contribution in [2.24, 2.45) is 0 Å². The second-order valence-electron chi connectivity index (χ2n) is 13.4. The molecule has 386 valence electrons. The third-order valence-corrected chi connectivity index (χ3v) is 9.69. The van der Waals surface area contributed by atoms with Crippen molar-refractivity contribution in [3.8, 4) is 0 Å². The number of nitrogens with zero attached hydrogens (tertiary/aromatic N) is 1. The van der Waals surface area contributed by atoms with Crippen LogP contribution in [0.4, 0.5) is 149 Å². The van der Waals surface area contributed by atoms with Crippen molar-refractivity contribution in [3.05, 3.63) is 34.9 Å². The number of alkyl halides is 34. The van der Waals surface area contributed by atoms with Gasteiger partial charge in [-0.15, -0.1) is 0 Å². The normalized spacial score (nSPS) is 16.2. The number of hydrogen-bond donors (Lipinski definition) is 0. The molecular weight excluding hydrogens is 1090 g/mol. The second kappa shape index (κ2) is 16.8. The first-order valence-corrected chi connectivity index (χ1v) is 15.9. The summed E-state index contributed by atoms with van der Waals surface area (Å²) in [5.41, 5.74) is -9.77. The van der Waals surface area contributed by atoms with Crippen LogP contribution >= 0.6 is 0 Å².